The first kappa shape index (κ1) is 14.4. The Balaban J connectivity index is 2.35. The van der Waals surface area contributed by atoms with Gasteiger partial charge in [0.1, 0.15) is 0 Å². The van der Waals surface area contributed by atoms with Crippen molar-refractivity contribution in [3.05, 3.63) is 48.0 Å². The Morgan fingerprint density at radius 1 is 1.16 bits per heavy atom. The summed E-state index contributed by atoms with van der Waals surface area (Å²) in [7, 11) is 2.16. The Kier molecular flexibility index (Phi) is 5.25. The van der Waals surface area contributed by atoms with E-state index >= 15 is 0 Å². The van der Waals surface area contributed by atoms with Crippen molar-refractivity contribution in [3.63, 3.8) is 0 Å². The summed E-state index contributed by atoms with van der Waals surface area (Å²) in [6.07, 6.45) is 2.14. The van der Waals surface area contributed by atoms with Gasteiger partial charge in [-0.3, -0.25) is 4.90 Å². The van der Waals surface area contributed by atoms with E-state index in [1.54, 1.807) is 0 Å². The predicted molar refractivity (Wildman–Crippen MR) is 86.8 cm³/mol. The molecule has 0 heterocycles. The molecule has 0 spiro atoms. The van der Waals surface area contributed by atoms with Crippen molar-refractivity contribution in [1.29, 1.82) is 0 Å². The molecule has 1 unspecified atom stereocenters. The number of nitrogens with zero attached hydrogens (tertiary/aromatic N) is 1. The first-order valence-electron chi connectivity index (χ1n) is 6.65. The molecule has 3 heteroatoms. The van der Waals surface area contributed by atoms with Gasteiger partial charge in [0.05, 0.1) is 0 Å². The molecule has 0 amide bonds. The average molecular weight is 274 g/mol. The molecule has 19 heavy (non-hydrogen) atoms. The van der Waals surface area contributed by atoms with Crippen LogP contribution >= 0.6 is 11.8 Å². The van der Waals surface area contributed by atoms with Crippen LogP contribution in [-0.2, 0) is 0 Å². The smallest absolute Gasteiger partial charge is 0.0473 e. The van der Waals surface area contributed by atoms with Crippen molar-refractivity contribution in [2.75, 3.05) is 32.1 Å². The maximum absolute atomic E-state index is 6.02. The molecule has 0 aliphatic rings. The molecule has 0 fully saturated rings. The van der Waals surface area contributed by atoms with Crippen LogP contribution in [0.15, 0.2) is 42.5 Å². The van der Waals surface area contributed by atoms with E-state index in [9.17, 15) is 0 Å². The minimum atomic E-state index is 0.290. The number of benzene rings is 2. The highest BCUT2D eigenvalue weighted by Crippen LogP contribution is 2.27. The minimum Gasteiger partial charge on any atom is -0.329 e. The minimum absolute atomic E-state index is 0.290. The summed E-state index contributed by atoms with van der Waals surface area (Å²) in [5.41, 5.74) is 7.36. The molecular weight excluding hydrogens is 252 g/mol. The Labute approximate surface area is 120 Å². The Morgan fingerprint density at radius 2 is 1.89 bits per heavy atom. The fourth-order valence-electron chi connectivity index (χ4n) is 2.48. The lowest BCUT2D eigenvalue weighted by Gasteiger charge is -2.28. The monoisotopic (exact) mass is 274 g/mol. The van der Waals surface area contributed by atoms with Crippen molar-refractivity contribution < 1.29 is 0 Å². The molecule has 1 atom stereocenters. The summed E-state index contributed by atoms with van der Waals surface area (Å²) in [5, 5.41) is 2.60. The lowest BCUT2D eigenvalue weighted by molar-refractivity contribution is 0.267. The standard InChI is InChI=1S/C16H22N2S/c1-18(10-11-19-2)16(12-17)15-9-5-7-13-6-3-4-8-14(13)15/h3-9,16H,10-12,17H2,1-2H3. The maximum atomic E-state index is 6.02. The number of thioether (sulfide) groups is 1. The highest BCUT2D eigenvalue weighted by molar-refractivity contribution is 7.98. The quantitative estimate of drug-likeness (QED) is 0.877. The molecule has 102 valence electrons. The van der Waals surface area contributed by atoms with Gasteiger partial charge in [-0.2, -0.15) is 11.8 Å². The van der Waals surface area contributed by atoms with Gasteiger partial charge in [0.25, 0.3) is 0 Å². The summed E-state index contributed by atoms with van der Waals surface area (Å²) in [4.78, 5) is 2.36. The largest absolute Gasteiger partial charge is 0.329 e. The number of hydrogen-bond acceptors (Lipinski definition) is 3. The number of rotatable bonds is 6. The zero-order valence-corrected chi connectivity index (χ0v) is 12.5. The zero-order chi connectivity index (χ0) is 13.7. The van der Waals surface area contributed by atoms with Crippen LogP contribution < -0.4 is 5.73 Å². The van der Waals surface area contributed by atoms with E-state index in [2.05, 4.69) is 60.7 Å². The third-order valence-corrected chi connectivity index (χ3v) is 4.18. The van der Waals surface area contributed by atoms with Gasteiger partial charge in [0.15, 0.2) is 0 Å². The van der Waals surface area contributed by atoms with E-state index < -0.39 is 0 Å². The van der Waals surface area contributed by atoms with E-state index in [0.29, 0.717) is 12.6 Å². The van der Waals surface area contributed by atoms with E-state index in [0.717, 1.165) is 12.3 Å². The van der Waals surface area contributed by atoms with Gasteiger partial charge in [0, 0.05) is 24.9 Å². The molecule has 2 nitrogen and oxygen atoms in total. The van der Waals surface area contributed by atoms with Gasteiger partial charge in [-0.1, -0.05) is 42.5 Å². The molecular formula is C16H22N2S. The van der Waals surface area contributed by atoms with Crippen molar-refractivity contribution in [2.24, 2.45) is 5.73 Å². The molecule has 2 aromatic rings. The molecule has 0 aliphatic heterocycles. The molecule has 0 radical (unpaired) electrons. The van der Waals surface area contributed by atoms with Crippen LogP contribution in [0.2, 0.25) is 0 Å². The highest BCUT2D eigenvalue weighted by atomic mass is 32.2. The normalized spacial score (nSPS) is 13.1. The number of hydrogen-bond donors (Lipinski definition) is 1. The van der Waals surface area contributed by atoms with Crippen LogP contribution in [0.5, 0.6) is 0 Å². The summed E-state index contributed by atoms with van der Waals surface area (Å²) in [6, 6.07) is 15.3. The predicted octanol–water partition coefficient (Wildman–Crippen LogP) is 3.13. The molecule has 0 bridgehead atoms. The Bertz CT molecular complexity index is 522. The summed E-state index contributed by atoms with van der Waals surface area (Å²) in [6.45, 7) is 1.71. The molecule has 2 aromatic carbocycles. The van der Waals surface area contributed by atoms with E-state index in [4.69, 9.17) is 5.73 Å². The lowest BCUT2D eigenvalue weighted by atomic mass is 9.98. The van der Waals surface area contributed by atoms with Crippen LogP contribution in [0.1, 0.15) is 11.6 Å². The van der Waals surface area contributed by atoms with Crippen molar-refractivity contribution in [3.8, 4) is 0 Å². The summed E-state index contributed by atoms with van der Waals surface area (Å²) < 4.78 is 0. The first-order chi connectivity index (χ1) is 9.27. The van der Waals surface area contributed by atoms with Crippen molar-refractivity contribution in [2.45, 2.75) is 6.04 Å². The van der Waals surface area contributed by atoms with Gasteiger partial charge in [-0.25, -0.2) is 0 Å². The fourth-order valence-corrected chi connectivity index (χ4v) is 2.95. The van der Waals surface area contributed by atoms with Gasteiger partial charge < -0.3 is 5.73 Å². The Hall–Kier alpha value is -1.03. The van der Waals surface area contributed by atoms with Crippen LogP contribution in [-0.4, -0.2) is 37.0 Å². The van der Waals surface area contributed by atoms with Gasteiger partial charge in [0.2, 0.25) is 0 Å². The highest BCUT2D eigenvalue weighted by Gasteiger charge is 2.17. The second kappa shape index (κ2) is 6.94. The van der Waals surface area contributed by atoms with E-state index in [1.165, 1.54) is 16.3 Å². The average Bonchev–Trinajstić information content (AvgIpc) is 2.46. The van der Waals surface area contributed by atoms with Crippen LogP contribution in [0.4, 0.5) is 0 Å². The van der Waals surface area contributed by atoms with Crippen molar-refractivity contribution >= 4 is 22.5 Å². The summed E-state index contributed by atoms with van der Waals surface area (Å²) >= 11 is 1.87. The van der Waals surface area contributed by atoms with Gasteiger partial charge >= 0.3 is 0 Å². The van der Waals surface area contributed by atoms with Crippen LogP contribution in [0.25, 0.3) is 10.8 Å². The molecule has 0 saturated carbocycles. The fraction of sp³-hybridized carbons (Fsp3) is 0.375. The topological polar surface area (TPSA) is 29.3 Å². The van der Waals surface area contributed by atoms with Crippen LogP contribution in [0, 0.1) is 0 Å². The molecule has 0 aliphatic carbocycles. The first-order valence-corrected chi connectivity index (χ1v) is 8.04. The molecule has 0 saturated heterocycles. The molecule has 0 aromatic heterocycles. The van der Waals surface area contributed by atoms with Crippen molar-refractivity contribution in [1.82, 2.24) is 4.90 Å². The second-order valence-corrected chi connectivity index (χ2v) is 5.78. The zero-order valence-electron chi connectivity index (χ0n) is 11.7. The SMILES string of the molecule is CSCCN(C)C(CN)c1cccc2ccccc12. The van der Waals surface area contributed by atoms with Gasteiger partial charge in [-0.05, 0) is 29.6 Å². The third kappa shape index (κ3) is 3.30. The number of fused-ring (bicyclic) bond motifs is 1. The number of nitrogens with two attached hydrogens (primary N) is 1. The van der Waals surface area contributed by atoms with E-state index in [-0.39, 0.29) is 0 Å². The second-order valence-electron chi connectivity index (χ2n) is 4.79. The lowest BCUT2D eigenvalue weighted by Crippen LogP contribution is -2.32. The molecule has 2 rings (SSSR count). The maximum Gasteiger partial charge on any atom is 0.0473 e. The summed E-state index contributed by atoms with van der Waals surface area (Å²) in [5.74, 6) is 1.14. The number of likely N-dealkylation sites (N-methyl/N-ethyl adjacent to an activating group) is 1. The van der Waals surface area contributed by atoms with E-state index in [1.807, 2.05) is 11.8 Å². The molecule has 2 N–H and O–H groups in total. The Morgan fingerprint density at radius 3 is 2.63 bits per heavy atom. The third-order valence-electron chi connectivity index (χ3n) is 3.59. The van der Waals surface area contributed by atoms with Crippen LogP contribution in [0.3, 0.4) is 0 Å². The van der Waals surface area contributed by atoms with Gasteiger partial charge in [-0.15, -0.1) is 0 Å².